The molecule has 21 heavy (non-hydrogen) atoms. The van der Waals surface area contributed by atoms with Crippen molar-refractivity contribution in [3.05, 3.63) is 81.7 Å². The Morgan fingerprint density at radius 3 is 2.33 bits per heavy atom. The Kier molecular flexibility index (Phi) is 3.36. The molecule has 0 saturated carbocycles. The molecule has 0 saturated heterocycles. The SMILES string of the molecule is O=Cc1ccc(C#Cc2ccc3oc(=O)ccc3c2)cc1. The van der Waals surface area contributed by atoms with Crippen molar-refractivity contribution in [3.63, 3.8) is 0 Å². The van der Waals surface area contributed by atoms with Crippen LogP contribution in [0.2, 0.25) is 0 Å². The second-order valence-corrected chi connectivity index (χ2v) is 4.50. The van der Waals surface area contributed by atoms with Crippen LogP contribution in [0.4, 0.5) is 0 Å². The molecule has 0 radical (unpaired) electrons. The number of rotatable bonds is 1. The van der Waals surface area contributed by atoms with Crippen molar-refractivity contribution in [3.8, 4) is 11.8 Å². The first-order chi connectivity index (χ1) is 10.2. The summed E-state index contributed by atoms with van der Waals surface area (Å²) in [4.78, 5) is 21.7. The predicted molar refractivity (Wildman–Crippen MR) is 80.3 cm³/mol. The second-order valence-electron chi connectivity index (χ2n) is 4.50. The molecule has 0 aliphatic heterocycles. The predicted octanol–water partition coefficient (Wildman–Crippen LogP) is 3.01. The van der Waals surface area contributed by atoms with Crippen LogP contribution in [0, 0.1) is 11.8 Å². The molecule has 0 unspecified atom stereocenters. The van der Waals surface area contributed by atoms with E-state index in [1.54, 1.807) is 42.5 Å². The zero-order chi connectivity index (χ0) is 14.7. The van der Waals surface area contributed by atoms with Crippen LogP contribution in [0.15, 0.2) is 63.8 Å². The van der Waals surface area contributed by atoms with Gasteiger partial charge in [0.1, 0.15) is 11.9 Å². The van der Waals surface area contributed by atoms with Gasteiger partial charge in [-0.15, -0.1) is 0 Å². The summed E-state index contributed by atoms with van der Waals surface area (Å²) in [5.41, 5.74) is 2.47. The lowest BCUT2D eigenvalue weighted by atomic mass is 10.1. The summed E-state index contributed by atoms with van der Waals surface area (Å²) < 4.78 is 5.07. The van der Waals surface area contributed by atoms with Crippen LogP contribution >= 0.6 is 0 Å². The summed E-state index contributed by atoms with van der Waals surface area (Å²) in [5, 5.41) is 0.831. The molecule has 0 N–H and O–H groups in total. The number of fused-ring (bicyclic) bond motifs is 1. The molecule has 0 aliphatic carbocycles. The van der Waals surface area contributed by atoms with Crippen LogP contribution in [0.3, 0.4) is 0 Å². The lowest BCUT2D eigenvalue weighted by Crippen LogP contribution is -1.94. The fourth-order valence-electron chi connectivity index (χ4n) is 1.94. The molecule has 100 valence electrons. The number of carbonyl (C=O) groups excluding carboxylic acids is 1. The van der Waals surface area contributed by atoms with Crippen molar-refractivity contribution in [2.75, 3.05) is 0 Å². The Morgan fingerprint density at radius 1 is 0.857 bits per heavy atom. The first-order valence-corrected chi connectivity index (χ1v) is 6.36. The largest absolute Gasteiger partial charge is 0.423 e. The summed E-state index contributed by atoms with van der Waals surface area (Å²) in [6.45, 7) is 0. The minimum Gasteiger partial charge on any atom is -0.423 e. The molecule has 3 nitrogen and oxygen atoms in total. The van der Waals surface area contributed by atoms with Gasteiger partial charge in [-0.05, 0) is 36.4 Å². The number of benzene rings is 2. The second kappa shape index (κ2) is 5.48. The number of hydrogen-bond acceptors (Lipinski definition) is 3. The average Bonchev–Trinajstić information content (AvgIpc) is 2.53. The smallest absolute Gasteiger partial charge is 0.336 e. The zero-order valence-electron chi connectivity index (χ0n) is 11.0. The van der Waals surface area contributed by atoms with Crippen molar-refractivity contribution < 1.29 is 9.21 Å². The summed E-state index contributed by atoms with van der Waals surface area (Å²) >= 11 is 0. The van der Waals surface area contributed by atoms with E-state index in [2.05, 4.69) is 11.8 Å². The Morgan fingerprint density at radius 2 is 1.57 bits per heavy atom. The van der Waals surface area contributed by atoms with Crippen molar-refractivity contribution in [2.45, 2.75) is 0 Å². The van der Waals surface area contributed by atoms with E-state index >= 15 is 0 Å². The highest BCUT2D eigenvalue weighted by Gasteiger charge is 1.97. The van der Waals surface area contributed by atoms with E-state index in [4.69, 9.17) is 4.42 Å². The van der Waals surface area contributed by atoms with E-state index in [0.717, 1.165) is 22.8 Å². The lowest BCUT2D eigenvalue weighted by Gasteiger charge is -1.96. The quantitative estimate of drug-likeness (QED) is 0.389. The molecule has 2 aromatic carbocycles. The molecule has 0 aliphatic rings. The molecule has 0 spiro atoms. The van der Waals surface area contributed by atoms with Gasteiger partial charge in [-0.2, -0.15) is 0 Å². The first kappa shape index (κ1) is 12.9. The fraction of sp³-hybridized carbons (Fsp3) is 0. The van der Waals surface area contributed by atoms with Crippen LogP contribution in [0.5, 0.6) is 0 Å². The summed E-state index contributed by atoms with van der Waals surface area (Å²) in [7, 11) is 0. The van der Waals surface area contributed by atoms with Gasteiger partial charge in [-0.1, -0.05) is 24.0 Å². The third-order valence-electron chi connectivity index (χ3n) is 3.02. The maximum Gasteiger partial charge on any atom is 0.336 e. The number of aldehydes is 1. The molecule has 0 fully saturated rings. The van der Waals surface area contributed by atoms with E-state index < -0.39 is 0 Å². The third kappa shape index (κ3) is 2.90. The Hall–Kier alpha value is -3.12. The summed E-state index contributed by atoms with van der Waals surface area (Å²) in [5.74, 6) is 6.08. The van der Waals surface area contributed by atoms with Crippen LogP contribution in [0.25, 0.3) is 11.0 Å². The van der Waals surface area contributed by atoms with Gasteiger partial charge in [-0.3, -0.25) is 4.79 Å². The van der Waals surface area contributed by atoms with E-state index in [9.17, 15) is 9.59 Å². The van der Waals surface area contributed by atoms with Gasteiger partial charge in [-0.25, -0.2) is 4.79 Å². The Balaban J connectivity index is 1.94. The number of carbonyl (C=O) groups is 1. The molecule has 0 atom stereocenters. The van der Waals surface area contributed by atoms with Gasteiger partial charge in [0.25, 0.3) is 0 Å². The van der Waals surface area contributed by atoms with Gasteiger partial charge in [0.2, 0.25) is 0 Å². The van der Waals surface area contributed by atoms with Gasteiger partial charge < -0.3 is 4.42 Å². The van der Waals surface area contributed by atoms with Crippen molar-refractivity contribution in [1.82, 2.24) is 0 Å². The van der Waals surface area contributed by atoms with Crippen molar-refractivity contribution >= 4 is 17.3 Å². The van der Waals surface area contributed by atoms with E-state index in [1.807, 2.05) is 6.07 Å². The van der Waals surface area contributed by atoms with Crippen LogP contribution in [0.1, 0.15) is 21.5 Å². The van der Waals surface area contributed by atoms with Crippen molar-refractivity contribution in [2.24, 2.45) is 0 Å². The molecule has 0 bridgehead atoms. The zero-order valence-corrected chi connectivity index (χ0v) is 11.0. The average molecular weight is 274 g/mol. The Bertz CT molecular complexity index is 922. The molecule has 0 amide bonds. The molecular weight excluding hydrogens is 264 g/mol. The van der Waals surface area contributed by atoms with Crippen molar-refractivity contribution in [1.29, 1.82) is 0 Å². The summed E-state index contributed by atoms with van der Waals surface area (Å²) in [6, 6.07) is 15.6. The highest BCUT2D eigenvalue weighted by atomic mass is 16.4. The monoisotopic (exact) mass is 274 g/mol. The van der Waals surface area contributed by atoms with Crippen LogP contribution in [-0.4, -0.2) is 6.29 Å². The maximum atomic E-state index is 11.1. The van der Waals surface area contributed by atoms with Gasteiger partial charge in [0.05, 0.1) is 0 Å². The molecule has 3 heteroatoms. The minimum absolute atomic E-state index is 0.364. The van der Waals surface area contributed by atoms with E-state index in [0.29, 0.717) is 11.1 Å². The maximum absolute atomic E-state index is 11.1. The molecule has 3 rings (SSSR count). The molecule has 1 aromatic heterocycles. The highest BCUT2D eigenvalue weighted by molar-refractivity contribution is 5.78. The molecular formula is C18H10O3. The van der Waals surface area contributed by atoms with E-state index in [-0.39, 0.29) is 5.63 Å². The number of hydrogen-bond donors (Lipinski definition) is 0. The fourth-order valence-corrected chi connectivity index (χ4v) is 1.94. The van der Waals surface area contributed by atoms with E-state index in [1.165, 1.54) is 6.07 Å². The third-order valence-corrected chi connectivity index (χ3v) is 3.02. The molecule has 1 heterocycles. The Labute approximate surface area is 120 Å². The van der Waals surface area contributed by atoms with Crippen LogP contribution < -0.4 is 5.63 Å². The van der Waals surface area contributed by atoms with Gasteiger partial charge >= 0.3 is 5.63 Å². The van der Waals surface area contributed by atoms with Gasteiger partial charge in [0.15, 0.2) is 0 Å². The van der Waals surface area contributed by atoms with Gasteiger partial charge in [0, 0.05) is 28.1 Å². The summed E-state index contributed by atoms with van der Waals surface area (Å²) in [6.07, 6.45) is 0.800. The van der Waals surface area contributed by atoms with Crippen LogP contribution in [-0.2, 0) is 0 Å². The first-order valence-electron chi connectivity index (χ1n) is 6.36. The topological polar surface area (TPSA) is 47.3 Å². The standard InChI is InChI=1S/C18H10O3/c19-12-15-5-2-13(3-6-15)1-4-14-7-9-17-16(11-14)8-10-18(20)21-17/h2-3,5-12H. The normalized spacial score (nSPS) is 9.90. The minimum atomic E-state index is -0.364. The molecule has 3 aromatic rings. The highest BCUT2D eigenvalue weighted by Crippen LogP contribution is 2.13. The lowest BCUT2D eigenvalue weighted by molar-refractivity contribution is 0.112.